The summed E-state index contributed by atoms with van der Waals surface area (Å²) in [6.07, 6.45) is 2.09. The molecule has 0 saturated carbocycles. The molecule has 0 aliphatic carbocycles. The fourth-order valence-electron chi connectivity index (χ4n) is 1.92. The van der Waals surface area contributed by atoms with Crippen molar-refractivity contribution >= 4 is 18.3 Å². The lowest BCUT2D eigenvalue weighted by Crippen LogP contribution is -2.47. The van der Waals surface area contributed by atoms with Crippen LogP contribution in [0.1, 0.15) is 26.7 Å². The van der Waals surface area contributed by atoms with E-state index in [2.05, 4.69) is 17.6 Å². The Hall–Kier alpha value is -0.320. The lowest BCUT2D eigenvalue weighted by Gasteiger charge is -2.28. The molecule has 1 saturated heterocycles. The molecule has 2 N–H and O–H groups in total. The third-order valence-electron chi connectivity index (χ3n) is 2.85. The fourth-order valence-corrected chi connectivity index (χ4v) is 1.92. The van der Waals surface area contributed by atoms with Crippen molar-refractivity contribution in [3.05, 3.63) is 0 Å². The summed E-state index contributed by atoms with van der Waals surface area (Å²) in [5.74, 6) is 0.287. The average molecular weight is 251 g/mol. The molecule has 0 aromatic carbocycles. The van der Waals surface area contributed by atoms with Crippen LogP contribution in [0.3, 0.4) is 0 Å². The van der Waals surface area contributed by atoms with Gasteiger partial charge in [-0.05, 0) is 33.2 Å². The molecule has 1 amide bonds. The standard InChI is InChI=1S/C11H22N2O2.ClH/c1-3-15-8-7-13-11(14)10-5-4-6-12-9(10)2;/h9-10,12H,3-8H2,1-2H3,(H,13,14);1H/t9-,10-;/m1./s1. The molecule has 0 unspecified atom stereocenters. The van der Waals surface area contributed by atoms with Crippen LogP contribution in [0.2, 0.25) is 0 Å². The summed E-state index contributed by atoms with van der Waals surface area (Å²) >= 11 is 0. The number of piperidine rings is 1. The van der Waals surface area contributed by atoms with Gasteiger partial charge in [0.2, 0.25) is 5.91 Å². The number of nitrogens with one attached hydrogen (secondary N) is 2. The summed E-state index contributed by atoms with van der Waals surface area (Å²) in [6, 6.07) is 0.297. The summed E-state index contributed by atoms with van der Waals surface area (Å²) in [4.78, 5) is 11.8. The van der Waals surface area contributed by atoms with E-state index in [1.54, 1.807) is 0 Å². The van der Waals surface area contributed by atoms with E-state index in [4.69, 9.17) is 4.74 Å². The monoisotopic (exact) mass is 250 g/mol. The Balaban J connectivity index is 0.00000225. The number of hydrogen-bond acceptors (Lipinski definition) is 3. The molecular weight excluding hydrogens is 228 g/mol. The van der Waals surface area contributed by atoms with Gasteiger partial charge in [-0.15, -0.1) is 12.4 Å². The van der Waals surface area contributed by atoms with Crippen molar-refractivity contribution in [2.75, 3.05) is 26.3 Å². The minimum Gasteiger partial charge on any atom is -0.380 e. The minimum atomic E-state index is 0. The van der Waals surface area contributed by atoms with Crippen LogP contribution in [0.25, 0.3) is 0 Å². The first-order chi connectivity index (χ1) is 7.25. The van der Waals surface area contributed by atoms with Crippen LogP contribution in [0.5, 0.6) is 0 Å². The topological polar surface area (TPSA) is 50.4 Å². The second kappa shape index (κ2) is 8.79. The van der Waals surface area contributed by atoms with E-state index in [0.717, 1.165) is 19.4 Å². The predicted molar refractivity (Wildman–Crippen MR) is 66.9 cm³/mol. The van der Waals surface area contributed by atoms with Crippen molar-refractivity contribution in [3.8, 4) is 0 Å². The number of hydrogen-bond donors (Lipinski definition) is 2. The van der Waals surface area contributed by atoms with Crippen LogP contribution < -0.4 is 10.6 Å². The quantitative estimate of drug-likeness (QED) is 0.715. The highest BCUT2D eigenvalue weighted by Gasteiger charge is 2.26. The van der Waals surface area contributed by atoms with Crippen LogP contribution >= 0.6 is 12.4 Å². The molecule has 0 spiro atoms. The van der Waals surface area contributed by atoms with Crippen LogP contribution in [0.15, 0.2) is 0 Å². The zero-order valence-corrected chi connectivity index (χ0v) is 10.9. The average Bonchev–Trinajstić information content (AvgIpc) is 2.25. The third-order valence-corrected chi connectivity index (χ3v) is 2.85. The van der Waals surface area contributed by atoms with Crippen LogP contribution in [-0.4, -0.2) is 38.3 Å². The zero-order valence-electron chi connectivity index (χ0n) is 10.1. The molecule has 2 atom stereocenters. The van der Waals surface area contributed by atoms with E-state index in [1.165, 1.54) is 0 Å². The van der Waals surface area contributed by atoms with E-state index < -0.39 is 0 Å². The van der Waals surface area contributed by atoms with Gasteiger partial charge in [0.15, 0.2) is 0 Å². The molecule has 1 rings (SSSR count). The highest BCUT2D eigenvalue weighted by atomic mass is 35.5. The number of amides is 1. The Labute approximate surface area is 104 Å². The normalized spacial score (nSPS) is 24.6. The van der Waals surface area contributed by atoms with Gasteiger partial charge in [-0.25, -0.2) is 0 Å². The molecule has 0 radical (unpaired) electrons. The molecule has 5 heteroatoms. The lowest BCUT2D eigenvalue weighted by molar-refractivity contribution is -0.126. The van der Waals surface area contributed by atoms with Gasteiger partial charge in [0.05, 0.1) is 12.5 Å². The van der Waals surface area contributed by atoms with Crippen molar-refractivity contribution < 1.29 is 9.53 Å². The SMILES string of the molecule is CCOCCNC(=O)[C@@H]1CCCN[C@@H]1C.Cl. The van der Waals surface area contributed by atoms with E-state index >= 15 is 0 Å². The summed E-state index contributed by atoms with van der Waals surface area (Å²) in [5.41, 5.74) is 0. The Kier molecular flexibility index (Phi) is 8.61. The Morgan fingerprint density at radius 2 is 2.31 bits per heavy atom. The molecule has 16 heavy (non-hydrogen) atoms. The Morgan fingerprint density at radius 1 is 1.56 bits per heavy atom. The maximum Gasteiger partial charge on any atom is 0.224 e. The highest BCUT2D eigenvalue weighted by Crippen LogP contribution is 2.15. The maximum absolute atomic E-state index is 11.8. The van der Waals surface area contributed by atoms with Gasteiger partial charge in [0.25, 0.3) is 0 Å². The van der Waals surface area contributed by atoms with Crippen LogP contribution in [0, 0.1) is 5.92 Å². The van der Waals surface area contributed by atoms with E-state index in [1.807, 2.05) is 6.92 Å². The second-order valence-corrected chi connectivity index (χ2v) is 3.98. The van der Waals surface area contributed by atoms with Crippen molar-refractivity contribution in [3.63, 3.8) is 0 Å². The molecular formula is C11H23ClN2O2. The van der Waals surface area contributed by atoms with Crippen LogP contribution in [-0.2, 0) is 9.53 Å². The summed E-state index contributed by atoms with van der Waals surface area (Å²) in [6.45, 7) is 6.99. The third kappa shape index (κ3) is 5.14. The molecule has 4 nitrogen and oxygen atoms in total. The van der Waals surface area contributed by atoms with E-state index in [0.29, 0.717) is 25.8 Å². The van der Waals surface area contributed by atoms with Crippen molar-refractivity contribution in [1.82, 2.24) is 10.6 Å². The van der Waals surface area contributed by atoms with Gasteiger partial charge in [0.1, 0.15) is 0 Å². The zero-order chi connectivity index (χ0) is 11.1. The summed E-state index contributed by atoms with van der Waals surface area (Å²) in [7, 11) is 0. The largest absolute Gasteiger partial charge is 0.380 e. The molecule has 0 aromatic rings. The maximum atomic E-state index is 11.8. The van der Waals surface area contributed by atoms with Gasteiger partial charge in [-0.2, -0.15) is 0 Å². The fraction of sp³-hybridized carbons (Fsp3) is 0.909. The van der Waals surface area contributed by atoms with Crippen molar-refractivity contribution in [2.24, 2.45) is 5.92 Å². The number of carbonyl (C=O) groups is 1. The number of rotatable bonds is 5. The molecule has 96 valence electrons. The van der Waals surface area contributed by atoms with Gasteiger partial charge >= 0.3 is 0 Å². The van der Waals surface area contributed by atoms with Crippen molar-refractivity contribution in [2.45, 2.75) is 32.7 Å². The second-order valence-electron chi connectivity index (χ2n) is 3.98. The van der Waals surface area contributed by atoms with Gasteiger partial charge in [-0.3, -0.25) is 4.79 Å². The molecule has 0 aromatic heterocycles. The Morgan fingerprint density at radius 3 is 2.94 bits per heavy atom. The van der Waals surface area contributed by atoms with Gasteiger partial charge in [0, 0.05) is 19.2 Å². The Bertz CT molecular complexity index is 202. The first-order valence-corrected chi connectivity index (χ1v) is 5.84. The molecule has 1 aliphatic heterocycles. The predicted octanol–water partition coefficient (Wildman–Crippen LogP) is 0.949. The minimum absolute atomic E-state index is 0. The molecule has 1 fully saturated rings. The first kappa shape index (κ1) is 15.7. The van der Waals surface area contributed by atoms with Crippen molar-refractivity contribution in [1.29, 1.82) is 0 Å². The smallest absolute Gasteiger partial charge is 0.224 e. The van der Waals surface area contributed by atoms with Gasteiger partial charge < -0.3 is 15.4 Å². The van der Waals surface area contributed by atoms with Gasteiger partial charge in [-0.1, -0.05) is 0 Å². The number of carbonyl (C=O) groups excluding carboxylic acids is 1. The number of ether oxygens (including phenoxy) is 1. The summed E-state index contributed by atoms with van der Waals surface area (Å²) in [5, 5.41) is 6.24. The first-order valence-electron chi connectivity index (χ1n) is 5.84. The summed E-state index contributed by atoms with van der Waals surface area (Å²) < 4.78 is 5.17. The van der Waals surface area contributed by atoms with Crippen LogP contribution in [0.4, 0.5) is 0 Å². The highest BCUT2D eigenvalue weighted by molar-refractivity contribution is 5.85. The molecule has 0 bridgehead atoms. The molecule has 1 aliphatic rings. The molecule has 1 heterocycles. The number of halogens is 1. The van der Waals surface area contributed by atoms with E-state index in [-0.39, 0.29) is 24.2 Å². The van der Waals surface area contributed by atoms with E-state index in [9.17, 15) is 4.79 Å². The lowest BCUT2D eigenvalue weighted by atomic mass is 9.91.